The zero-order chi connectivity index (χ0) is 26.2. The molecule has 2 aromatic carbocycles. The number of nitrogens with zero attached hydrogens (tertiary/aromatic N) is 3. The lowest BCUT2D eigenvalue weighted by Crippen LogP contribution is -2.55. The molecule has 2 atom stereocenters. The molecule has 0 saturated carbocycles. The Balaban J connectivity index is 1.64. The number of H-pyrrole nitrogens is 1. The van der Waals surface area contributed by atoms with Crippen molar-refractivity contribution in [2.24, 2.45) is 5.41 Å². The van der Waals surface area contributed by atoms with Crippen LogP contribution in [0.3, 0.4) is 0 Å². The van der Waals surface area contributed by atoms with Crippen molar-refractivity contribution < 1.29 is 17.5 Å². The molecule has 1 aliphatic carbocycles. The summed E-state index contributed by atoms with van der Waals surface area (Å²) in [6, 6.07) is 13.1. The summed E-state index contributed by atoms with van der Waals surface area (Å²) in [5.74, 6) is 0.320. The van der Waals surface area contributed by atoms with Gasteiger partial charge in [-0.2, -0.15) is 9.40 Å². The van der Waals surface area contributed by atoms with Crippen molar-refractivity contribution in [3.63, 3.8) is 0 Å². The van der Waals surface area contributed by atoms with Crippen LogP contribution in [-0.4, -0.2) is 61.1 Å². The molecule has 1 N–H and O–H groups in total. The van der Waals surface area contributed by atoms with Gasteiger partial charge < -0.3 is 4.74 Å². The van der Waals surface area contributed by atoms with E-state index in [2.05, 4.69) is 35.0 Å². The van der Waals surface area contributed by atoms with Gasteiger partial charge in [0.25, 0.3) is 0 Å². The summed E-state index contributed by atoms with van der Waals surface area (Å²) < 4.78 is 48.6. The van der Waals surface area contributed by atoms with Crippen LogP contribution < -0.4 is 4.74 Å². The summed E-state index contributed by atoms with van der Waals surface area (Å²) in [4.78, 5) is 2.60. The maximum Gasteiger partial charge on any atom is 0.243 e. The summed E-state index contributed by atoms with van der Waals surface area (Å²) >= 11 is 0. The summed E-state index contributed by atoms with van der Waals surface area (Å²) in [6.45, 7) is 6.48. The van der Waals surface area contributed by atoms with E-state index in [0.717, 1.165) is 29.9 Å². The zero-order valence-corrected chi connectivity index (χ0v) is 22.3. The van der Waals surface area contributed by atoms with Crippen LogP contribution in [0, 0.1) is 11.2 Å². The van der Waals surface area contributed by atoms with Gasteiger partial charge in [0.2, 0.25) is 10.0 Å². The predicted octanol–water partition coefficient (Wildman–Crippen LogP) is 4.66. The van der Waals surface area contributed by atoms with Crippen LogP contribution in [0.4, 0.5) is 4.39 Å². The molecule has 0 spiro atoms. The van der Waals surface area contributed by atoms with E-state index in [4.69, 9.17) is 4.74 Å². The molecule has 5 rings (SSSR count). The van der Waals surface area contributed by atoms with E-state index in [1.165, 1.54) is 17.7 Å². The third kappa shape index (κ3) is 4.49. The van der Waals surface area contributed by atoms with Crippen molar-refractivity contribution in [1.29, 1.82) is 0 Å². The average molecular weight is 525 g/mol. The first kappa shape index (κ1) is 25.6. The lowest BCUT2D eigenvalue weighted by Gasteiger charge is -2.53. The third-order valence-corrected chi connectivity index (χ3v) is 9.75. The number of piperidine rings is 1. The fourth-order valence-corrected chi connectivity index (χ4v) is 7.56. The van der Waals surface area contributed by atoms with Gasteiger partial charge in [0.1, 0.15) is 11.6 Å². The van der Waals surface area contributed by atoms with Gasteiger partial charge in [-0.05, 0) is 79.5 Å². The number of ether oxygens (including phenoxy) is 1. The molecule has 2 aliphatic rings. The summed E-state index contributed by atoms with van der Waals surface area (Å²) in [6.07, 6.45) is 5.24. The minimum absolute atomic E-state index is 0.147. The molecule has 0 bridgehead atoms. The van der Waals surface area contributed by atoms with E-state index in [-0.39, 0.29) is 16.8 Å². The van der Waals surface area contributed by atoms with Gasteiger partial charge in [-0.25, -0.2) is 12.8 Å². The predicted molar refractivity (Wildman–Crippen MR) is 141 cm³/mol. The smallest absolute Gasteiger partial charge is 0.243 e. The molecule has 1 fully saturated rings. The number of rotatable bonds is 8. The molecule has 0 radical (unpaired) electrons. The lowest BCUT2D eigenvalue weighted by molar-refractivity contribution is 0.0614. The van der Waals surface area contributed by atoms with Crippen LogP contribution in [0.1, 0.15) is 43.1 Å². The molecular weight excluding hydrogens is 491 g/mol. The van der Waals surface area contributed by atoms with E-state index in [1.807, 2.05) is 18.3 Å². The summed E-state index contributed by atoms with van der Waals surface area (Å²) in [5.41, 5.74) is 3.68. The van der Waals surface area contributed by atoms with Crippen molar-refractivity contribution in [2.45, 2.75) is 37.6 Å². The maximum absolute atomic E-state index is 14.0. The first-order valence-electron chi connectivity index (χ1n) is 12.7. The van der Waals surface area contributed by atoms with Crippen LogP contribution >= 0.6 is 0 Å². The number of hydrogen-bond acceptors (Lipinski definition) is 5. The average Bonchev–Trinajstić information content (AvgIpc) is 3.37. The molecule has 0 amide bonds. The Labute approximate surface area is 218 Å². The van der Waals surface area contributed by atoms with Crippen molar-refractivity contribution >= 4 is 16.1 Å². The van der Waals surface area contributed by atoms with Crippen molar-refractivity contribution in [3.8, 4) is 5.75 Å². The highest BCUT2D eigenvalue weighted by molar-refractivity contribution is 7.89. The third-order valence-electron chi connectivity index (χ3n) is 7.89. The van der Waals surface area contributed by atoms with Crippen molar-refractivity contribution in [1.82, 2.24) is 19.4 Å². The zero-order valence-electron chi connectivity index (χ0n) is 21.4. The summed E-state index contributed by atoms with van der Waals surface area (Å²) in [5, 5.41) is 7.37. The monoisotopic (exact) mass is 524 g/mol. The Morgan fingerprint density at radius 3 is 2.49 bits per heavy atom. The Bertz CT molecular complexity index is 1380. The standard InChI is InChI=1S/C28H33FN4O3S/c1-4-32(5-2)27(20-6-8-23(29)9-7-20)28-17-21-18-30-31-26(21)16-22(28)14-15-33(19-28)37(34,35)25-12-10-24(36-3)11-13-25/h6-13,16,18,27H,4-5,14-15,17,19H2,1-3H3,(H,30,31)/t27-,28?/m0/s1. The van der Waals surface area contributed by atoms with Gasteiger partial charge in [-0.3, -0.25) is 10.00 Å². The highest BCUT2D eigenvalue weighted by Crippen LogP contribution is 2.54. The molecule has 1 unspecified atom stereocenters. The second kappa shape index (κ2) is 10.0. The lowest BCUT2D eigenvalue weighted by atomic mass is 9.62. The number of methoxy groups -OCH3 is 1. The number of sulfonamides is 1. The van der Waals surface area contributed by atoms with Crippen LogP contribution in [0.25, 0.3) is 6.08 Å². The van der Waals surface area contributed by atoms with Crippen LogP contribution in [0.5, 0.6) is 5.75 Å². The van der Waals surface area contributed by atoms with Crippen LogP contribution in [0.2, 0.25) is 0 Å². The second-order valence-corrected chi connectivity index (χ2v) is 11.7. The van der Waals surface area contributed by atoms with E-state index in [9.17, 15) is 12.8 Å². The number of benzene rings is 2. The van der Waals surface area contributed by atoms with Crippen molar-refractivity contribution in [2.75, 3.05) is 33.3 Å². The fraction of sp³-hybridized carbons (Fsp3) is 0.393. The Morgan fingerprint density at radius 2 is 1.84 bits per heavy atom. The molecule has 1 saturated heterocycles. The molecule has 196 valence electrons. The number of halogens is 1. The van der Waals surface area contributed by atoms with Crippen LogP contribution in [-0.2, 0) is 16.4 Å². The fourth-order valence-electron chi connectivity index (χ4n) is 6.05. The SMILES string of the molecule is CCN(CC)[C@@H](c1ccc(F)cc1)C12Cc3cn[nH]c3C=C1CCN(S(=O)(=O)c1ccc(OC)cc1)C2. The first-order valence-corrected chi connectivity index (χ1v) is 14.1. The quantitative estimate of drug-likeness (QED) is 0.464. The Hall–Kier alpha value is -3.01. The molecule has 37 heavy (non-hydrogen) atoms. The van der Waals surface area contributed by atoms with Gasteiger partial charge in [-0.1, -0.05) is 31.6 Å². The maximum atomic E-state index is 14.0. The molecule has 3 aromatic rings. The molecule has 9 heteroatoms. The Morgan fingerprint density at radius 1 is 1.14 bits per heavy atom. The van der Waals surface area contributed by atoms with Gasteiger partial charge in [0, 0.05) is 24.5 Å². The first-order chi connectivity index (χ1) is 17.8. The van der Waals surface area contributed by atoms with E-state index < -0.39 is 15.4 Å². The number of aromatic amines is 1. The highest BCUT2D eigenvalue weighted by atomic mass is 32.2. The van der Waals surface area contributed by atoms with E-state index >= 15 is 0 Å². The minimum Gasteiger partial charge on any atom is -0.497 e. The minimum atomic E-state index is -3.75. The molecule has 1 aliphatic heterocycles. The number of fused-ring (bicyclic) bond motifs is 2. The molecule has 2 heterocycles. The van der Waals surface area contributed by atoms with Gasteiger partial charge in [-0.15, -0.1) is 0 Å². The second-order valence-electron chi connectivity index (χ2n) is 9.75. The molecular formula is C28H33FN4O3S. The number of nitrogens with one attached hydrogen (secondary N) is 1. The number of aromatic nitrogens is 2. The normalized spacial score (nSPS) is 20.7. The van der Waals surface area contributed by atoms with Crippen molar-refractivity contribution in [3.05, 3.63) is 82.9 Å². The van der Waals surface area contributed by atoms with Gasteiger partial charge >= 0.3 is 0 Å². The van der Waals surface area contributed by atoms with E-state index in [1.54, 1.807) is 35.7 Å². The topological polar surface area (TPSA) is 78.5 Å². The number of hydrogen-bond donors (Lipinski definition) is 1. The van der Waals surface area contributed by atoms with Gasteiger partial charge in [0.05, 0.1) is 23.9 Å². The van der Waals surface area contributed by atoms with Gasteiger partial charge in [0.15, 0.2) is 0 Å². The molecule has 1 aromatic heterocycles. The Kier molecular flexibility index (Phi) is 6.95. The highest BCUT2D eigenvalue weighted by Gasteiger charge is 2.52. The largest absolute Gasteiger partial charge is 0.497 e. The van der Waals surface area contributed by atoms with Crippen LogP contribution in [0.15, 0.2) is 65.2 Å². The summed E-state index contributed by atoms with van der Waals surface area (Å²) in [7, 11) is -2.20. The molecule has 7 nitrogen and oxygen atoms in total. The van der Waals surface area contributed by atoms with E-state index in [0.29, 0.717) is 31.7 Å².